The van der Waals surface area contributed by atoms with Crippen molar-refractivity contribution in [1.29, 1.82) is 0 Å². The predicted octanol–water partition coefficient (Wildman–Crippen LogP) is 2.96. The Balaban J connectivity index is 1.69. The number of hydrogen-bond donors (Lipinski definition) is 1. The van der Waals surface area contributed by atoms with Crippen LogP contribution in [0.4, 0.5) is 0 Å². The van der Waals surface area contributed by atoms with Crippen molar-refractivity contribution < 1.29 is 4.74 Å². The van der Waals surface area contributed by atoms with Crippen LogP contribution >= 0.6 is 0 Å². The van der Waals surface area contributed by atoms with Crippen molar-refractivity contribution in [3.8, 4) is 0 Å². The van der Waals surface area contributed by atoms with Gasteiger partial charge in [-0.05, 0) is 74.5 Å². The molecule has 0 amide bonds. The third-order valence-corrected chi connectivity index (χ3v) is 6.88. The number of ether oxygens (including phenoxy) is 1. The molecule has 18 heavy (non-hydrogen) atoms. The predicted molar refractivity (Wildman–Crippen MR) is 72.1 cm³/mol. The van der Waals surface area contributed by atoms with Gasteiger partial charge in [0.15, 0.2) is 0 Å². The van der Waals surface area contributed by atoms with Gasteiger partial charge in [0, 0.05) is 18.6 Å². The molecule has 1 atom stereocenters. The second-order valence-electron chi connectivity index (χ2n) is 7.84. The normalized spacial score (nSPS) is 54.8. The van der Waals surface area contributed by atoms with Gasteiger partial charge in [0.25, 0.3) is 0 Å². The van der Waals surface area contributed by atoms with Gasteiger partial charge in [0.05, 0.1) is 6.61 Å². The molecule has 1 aliphatic heterocycles. The van der Waals surface area contributed by atoms with Crippen LogP contribution in [0.2, 0.25) is 0 Å². The molecule has 0 radical (unpaired) electrons. The standard InChI is InChI=1S/C16H27NO/c17-10-15(2-1-3-18-11-15)16-7-12-4-13(8-16)6-14(5-12)9-16/h12-14H,1-11,17H2. The highest BCUT2D eigenvalue weighted by molar-refractivity contribution is 5.10. The first-order valence-electron chi connectivity index (χ1n) is 8.03. The first kappa shape index (κ1) is 11.7. The van der Waals surface area contributed by atoms with Crippen molar-refractivity contribution in [3.05, 3.63) is 0 Å². The van der Waals surface area contributed by atoms with E-state index in [1.165, 1.54) is 51.4 Å². The van der Waals surface area contributed by atoms with E-state index < -0.39 is 0 Å². The van der Waals surface area contributed by atoms with E-state index in [1.807, 2.05) is 0 Å². The summed E-state index contributed by atoms with van der Waals surface area (Å²) < 4.78 is 5.89. The van der Waals surface area contributed by atoms with E-state index in [-0.39, 0.29) is 0 Å². The first-order chi connectivity index (χ1) is 8.75. The summed E-state index contributed by atoms with van der Waals surface area (Å²) in [5, 5.41) is 0. The molecule has 1 saturated heterocycles. The maximum atomic E-state index is 6.28. The van der Waals surface area contributed by atoms with Crippen LogP contribution in [0, 0.1) is 28.6 Å². The SMILES string of the molecule is NCC1(C23CC4CC(CC(C4)C2)C3)CCCOC1. The van der Waals surface area contributed by atoms with Gasteiger partial charge in [-0.1, -0.05) is 0 Å². The largest absolute Gasteiger partial charge is 0.381 e. The van der Waals surface area contributed by atoms with E-state index in [2.05, 4.69) is 0 Å². The van der Waals surface area contributed by atoms with Crippen LogP contribution in [0.5, 0.6) is 0 Å². The van der Waals surface area contributed by atoms with E-state index in [4.69, 9.17) is 10.5 Å². The van der Waals surface area contributed by atoms with Crippen molar-refractivity contribution in [1.82, 2.24) is 0 Å². The Morgan fingerprint density at radius 3 is 2.06 bits per heavy atom. The first-order valence-corrected chi connectivity index (χ1v) is 8.03. The van der Waals surface area contributed by atoms with Gasteiger partial charge in [0.2, 0.25) is 0 Å². The number of nitrogens with two attached hydrogens (primary N) is 1. The Hall–Kier alpha value is -0.0800. The topological polar surface area (TPSA) is 35.2 Å². The molecule has 0 aromatic rings. The molecule has 5 fully saturated rings. The molecule has 4 bridgehead atoms. The molecule has 102 valence electrons. The Morgan fingerprint density at radius 1 is 1.00 bits per heavy atom. The number of rotatable bonds is 2. The Kier molecular flexibility index (Phi) is 2.58. The highest BCUT2D eigenvalue weighted by Crippen LogP contribution is 2.67. The fourth-order valence-corrected chi connectivity index (χ4v) is 6.41. The molecule has 2 heteroatoms. The van der Waals surface area contributed by atoms with Crippen LogP contribution in [0.3, 0.4) is 0 Å². The summed E-state index contributed by atoms with van der Waals surface area (Å²) in [4.78, 5) is 0. The van der Waals surface area contributed by atoms with Crippen molar-refractivity contribution in [3.63, 3.8) is 0 Å². The van der Waals surface area contributed by atoms with E-state index in [0.717, 1.165) is 37.5 Å². The second kappa shape index (κ2) is 3.96. The minimum absolute atomic E-state index is 0.335. The molecular weight excluding hydrogens is 222 g/mol. The molecule has 4 aliphatic carbocycles. The molecule has 0 spiro atoms. The highest BCUT2D eigenvalue weighted by Gasteiger charge is 2.59. The Morgan fingerprint density at radius 2 is 1.61 bits per heavy atom. The lowest BCUT2D eigenvalue weighted by Crippen LogP contribution is -2.59. The maximum Gasteiger partial charge on any atom is 0.0539 e. The van der Waals surface area contributed by atoms with Crippen LogP contribution in [0.25, 0.3) is 0 Å². The lowest BCUT2D eigenvalue weighted by molar-refractivity contribution is -0.170. The fourth-order valence-electron chi connectivity index (χ4n) is 6.41. The average Bonchev–Trinajstić information content (AvgIpc) is 2.38. The summed E-state index contributed by atoms with van der Waals surface area (Å²) in [6.07, 6.45) is 11.6. The van der Waals surface area contributed by atoms with Crippen molar-refractivity contribution in [2.45, 2.75) is 51.4 Å². The molecule has 0 aromatic carbocycles. The third-order valence-electron chi connectivity index (χ3n) is 6.88. The molecule has 0 aromatic heterocycles. The van der Waals surface area contributed by atoms with E-state index >= 15 is 0 Å². The second-order valence-corrected chi connectivity index (χ2v) is 7.84. The van der Waals surface area contributed by atoms with Crippen LogP contribution < -0.4 is 5.73 Å². The van der Waals surface area contributed by atoms with E-state index in [9.17, 15) is 0 Å². The average molecular weight is 249 g/mol. The minimum atomic E-state index is 0.335. The highest BCUT2D eigenvalue weighted by atomic mass is 16.5. The monoisotopic (exact) mass is 249 g/mol. The van der Waals surface area contributed by atoms with Crippen molar-refractivity contribution in [2.75, 3.05) is 19.8 Å². The molecule has 1 unspecified atom stereocenters. The van der Waals surface area contributed by atoms with Gasteiger partial charge < -0.3 is 10.5 Å². The van der Waals surface area contributed by atoms with Gasteiger partial charge in [-0.15, -0.1) is 0 Å². The van der Waals surface area contributed by atoms with Crippen LogP contribution in [-0.4, -0.2) is 19.8 Å². The fraction of sp³-hybridized carbons (Fsp3) is 1.00. The van der Waals surface area contributed by atoms with Crippen LogP contribution in [0.15, 0.2) is 0 Å². The molecule has 2 nitrogen and oxygen atoms in total. The molecule has 4 saturated carbocycles. The zero-order valence-corrected chi connectivity index (χ0v) is 11.5. The summed E-state index contributed by atoms with van der Waals surface area (Å²) in [6.45, 7) is 2.78. The Bertz CT molecular complexity index is 297. The summed E-state index contributed by atoms with van der Waals surface area (Å²) in [7, 11) is 0. The van der Waals surface area contributed by atoms with Gasteiger partial charge in [-0.3, -0.25) is 0 Å². The van der Waals surface area contributed by atoms with Gasteiger partial charge in [-0.2, -0.15) is 0 Å². The zero-order valence-electron chi connectivity index (χ0n) is 11.5. The number of hydrogen-bond acceptors (Lipinski definition) is 2. The van der Waals surface area contributed by atoms with Crippen LogP contribution in [-0.2, 0) is 4.74 Å². The van der Waals surface area contributed by atoms with Gasteiger partial charge >= 0.3 is 0 Å². The molecular formula is C16H27NO. The van der Waals surface area contributed by atoms with Crippen molar-refractivity contribution >= 4 is 0 Å². The summed E-state index contributed by atoms with van der Waals surface area (Å²) in [6, 6.07) is 0. The quantitative estimate of drug-likeness (QED) is 0.816. The lowest BCUT2D eigenvalue weighted by Gasteiger charge is -2.64. The van der Waals surface area contributed by atoms with Crippen LogP contribution in [0.1, 0.15) is 51.4 Å². The smallest absolute Gasteiger partial charge is 0.0539 e. The van der Waals surface area contributed by atoms with E-state index in [1.54, 1.807) is 0 Å². The van der Waals surface area contributed by atoms with E-state index in [0.29, 0.717) is 10.8 Å². The molecule has 2 N–H and O–H groups in total. The minimum Gasteiger partial charge on any atom is -0.381 e. The molecule has 1 heterocycles. The lowest BCUT2D eigenvalue weighted by atomic mass is 9.42. The Labute approximate surface area is 111 Å². The zero-order chi connectivity index (χ0) is 12.2. The maximum absolute atomic E-state index is 6.28. The summed E-state index contributed by atoms with van der Waals surface area (Å²) in [5.74, 6) is 3.09. The molecule has 5 aliphatic rings. The van der Waals surface area contributed by atoms with Gasteiger partial charge in [0.1, 0.15) is 0 Å². The molecule has 5 rings (SSSR count). The summed E-state index contributed by atoms with van der Waals surface area (Å²) >= 11 is 0. The van der Waals surface area contributed by atoms with Gasteiger partial charge in [-0.25, -0.2) is 0 Å². The third kappa shape index (κ3) is 1.48. The summed E-state index contributed by atoms with van der Waals surface area (Å²) in [5.41, 5.74) is 7.18. The van der Waals surface area contributed by atoms with Crippen molar-refractivity contribution in [2.24, 2.45) is 34.3 Å².